The van der Waals surface area contributed by atoms with Crippen molar-refractivity contribution in [2.75, 3.05) is 6.61 Å². The summed E-state index contributed by atoms with van der Waals surface area (Å²) in [6.07, 6.45) is 3.22. The molecule has 0 fully saturated rings. The van der Waals surface area contributed by atoms with Crippen LogP contribution >= 0.6 is 0 Å². The van der Waals surface area contributed by atoms with Crippen LogP contribution in [0.3, 0.4) is 0 Å². The Morgan fingerprint density at radius 1 is 1.61 bits per heavy atom. The number of aryl methyl sites for hydroxylation is 2. The first kappa shape index (κ1) is 14.2. The van der Waals surface area contributed by atoms with Crippen LogP contribution in [-0.4, -0.2) is 17.5 Å². The zero-order valence-electron chi connectivity index (χ0n) is 10.7. The fraction of sp³-hybridized carbons (Fsp3) is 0.385. The van der Waals surface area contributed by atoms with Gasteiger partial charge in [-0.1, -0.05) is 19.4 Å². The van der Waals surface area contributed by atoms with Crippen LogP contribution in [-0.2, 0) is 11.3 Å². The van der Waals surface area contributed by atoms with Crippen LogP contribution in [0.2, 0.25) is 0 Å². The van der Waals surface area contributed by atoms with E-state index in [4.69, 9.17) is 4.84 Å². The van der Waals surface area contributed by atoms with Gasteiger partial charge in [-0.05, 0) is 25.0 Å². The van der Waals surface area contributed by atoms with E-state index in [2.05, 4.69) is 17.0 Å². The summed E-state index contributed by atoms with van der Waals surface area (Å²) in [4.78, 5) is 30.9. The van der Waals surface area contributed by atoms with Crippen LogP contribution in [0.4, 0.5) is 0 Å². The maximum Gasteiger partial charge on any atom is 0.280 e. The van der Waals surface area contributed by atoms with Crippen LogP contribution < -0.4 is 11.0 Å². The largest absolute Gasteiger partial charge is 0.325 e. The Labute approximate surface area is 106 Å². The van der Waals surface area contributed by atoms with Gasteiger partial charge in [0.05, 0.1) is 6.61 Å². The number of hydroxylamine groups is 1. The minimum absolute atomic E-state index is 0.0522. The Morgan fingerprint density at radius 2 is 2.33 bits per heavy atom. The number of aromatic amines is 1. The van der Waals surface area contributed by atoms with Crippen molar-refractivity contribution in [1.29, 1.82) is 0 Å². The molecule has 0 saturated heterocycles. The Balaban J connectivity index is 2.90. The van der Waals surface area contributed by atoms with E-state index in [1.165, 1.54) is 6.08 Å². The molecule has 0 saturated carbocycles. The molecule has 5 nitrogen and oxygen atoms in total. The zero-order chi connectivity index (χ0) is 13.5. The van der Waals surface area contributed by atoms with Crippen LogP contribution in [0.1, 0.15) is 35.0 Å². The molecule has 0 unspecified atom stereocenters. The molecule has 0 spiro atoms. The number of carbonyl (C=O) groups is 1. The molecule has 18 heavy (non-hydrogen) atoms. The number of pyridine rings is 1. The van der Waals surface area contributed by atoms with Crippen molar-refractivity contribution >= 4 is 5.91 Å². The van der Waals surface area contributed by atoms with Crippen LogP contribution in [0, 0.1) is 6.92 Å². The number of aromatic nitrogens is 1. The smallest absolute Gasteiger partial charge is 0.280 e. The van der Waals surface area contributed by atoms with Gasteiger partial charge in [0.1, 0.15) is 5.56 Å². The summed E-state index contributed by atoms with van der Waals surface area (Å²) in [5.74, 6) is -0.552. The lowest BCUT2D eigenvalue weighted by atomic mass is 10.1. The Bertz CT molecular complexity index is 491. The van der Waals surface area contributed by atoms with Crippen molar-refractivity contribution in [3.63, 3.8) is 0 Å². The van der Waals surface area contributed by atoms with Crippen molar-refractivity contribution in [3.05, 3.63) is 45.9 Å². The zero-order valence-corrected chi connectivity index (χ0v) is 10.7. The highest BCUT2D eigenvalue weighted by Crippen LogP contribution is 2.06. The van der Waals surface area contributed by atoms with Crippen molar-refractivity contribution in [2.24, 2.45) is 0 Å². The van der Waals surface area contributed by atoms with E-state index in [9.17, 15) is 9.59 Å². The lowest BCUT2D eigenvalue weighted by molar-refractivity contribution is 0.0420. The molecule has 1 aromatic heterocycles. The highest BCUT2D eigenvalue weighted by molar-refractivity contribution is 5.93. The van der Waals surface area contributed by atoms with Gasteiger partial charge in [0.15, 0.2) is 0 Å². The second-order valence-electron chi connectivity index (χ2n) is 3.95. The van der Waals surface area contributed by atoms with Gasteiger partial charge in [-0.3, -0.25) is 14.4 Å². The number of nitrogens with one attached hydrogen (secondary N) is 2. The van der Waals surface area contributed by atoms with E-state index in [0.29, 0.717) is 0 Å². The monoisotopic (exact) mass is 250 g/mol. The summed E-state index contributed by atoms with van der Waals surface area (Å²) >= 11 is 0. The highest BCUT2D eigenvalue weighted by Gasteiger charge is 2.12. The number of hydrogen-bond donors (Lipinski definition) is 2. The maximum atomic E-state index is 11.7. The summed E-state index contributed by atoms with van der Waals surface area (Å²) in [5.41, 5.74) is 3.60. The van der Waals surface area contributed by atoms with Gasteiger partial charge in [0, 0.05) is 5.69 Å². The van der Waals surface area contributed by atoms with Crippen LogP contribution in [0.15, 0.2) is 23.5 Å². The first-order valence-electron chi connectivity index (χ1n) is 5.86. The molecular weight excluding hydrogens is 232 g/mol. The molecule has 0 atom stereocenters. The van der Waals surface area contributed by atoms with Gasteiger partial charge < -0.3 is 4.98 Å². The Morgan fingerprint density at radius 3 is 2.94 bits per heavy atom. The number of carbonyl (C=O) groups excluding carboxylic acids is 1. The molecule has 0 radical (unpaired) electrons. The van der Waals surface area contributed by atoms with Gasteiger partial charge in [-0.25, -0.2) is 5.48 Å². The summed E-state index contributed by atoms with van der Waals surface area (Å²) < 4.78 is 0. The second-order valence-corrected chi connectivity index (χ2v) is 3.95. The summed E-state index contributed by atoms with van der Waals surface area (Å²) in [5, 5.41) is 0. The van der Waals surface area contributed by atoms with Crippen molar-refractivity contribution in [1.82, 2.24) is 10.5 Å². The quantitative estimate of drug-likeness (QED) is 0.456. The molecule has 0 bridgehead atoms. The lowest BCUT2D eigenvalue weighted by Crippen LogP contribution is -2.30. The van der Waals surface area contributed by atoms with Crippen LogP contribution in [0.25, 0.3) is 0 Å². The number of amides is 1. The molecule has 0 aliphatic rings. The fourth-order valence-electron chi connectivity index (χ4n) is 1.57. The van der Waals surface area contributed by atoms with E-state index in [1.54, 1.807) is 6.07 Å². The normalized spacial score (nSPS) is 10.1. The molecular formula is C13H18N2O3. The van der Waals surface area contributed by atoms with Crippen molar-refractivity contribution in [3.8, 4) is 0 Å². The molecule has 5 heteroatoms. The third kappa shape index (κ3) is 3.56. The topological polar surface area (TPSA) is 71.2 Å². The number of hydrogen-bond acceptors (Lipinski definition) is 3. The van der Waals surface area contributed by atoms with Gasteiger partial charge in [0.25, 0.3) is 11.5 Å². The molecule has 0 aromatic carbocycles. The molecule has 2 N–H and O–H groups in total. The third-order valence-corrected chi connectivity index (χ3v) is 2.46. The molecule has 1 aromatic rings. The molecule has 0 aliphatic carbocycles. The van der Waals surface area contributed by atoms with E-state index in [-0.39, 0.29) is 12.2 Å². The predicted molar refractivity (Wildman–Crippen MR) is 69.4 cm³/mol. The van der Waals surface area contributed by atoms with Crippen molar-refractivity contribution < 1.29 is 9.63 Å². The predicted octanol–water partition coefficient (Wildman–Crippen LogP) is 1.48. The number of H-pyrrole nitrogens is 1. The maximum absolute atomic E-state index is 11.7. The lowest BCUT2D eigenvalue weighted by Gasteiger charge is -2.07. The SMILES string of the molecule is C=CCONC(=O)c1cc(C)c(CCC)[nH]c1=O. The second kappa shape index (κ2) is 6.76. The average molecular weight is 250 g/mol. The summed E-state index contributed by atoms with van der Waals surface area (Å²) in [7, 11) is 0. The fourth-order valence-corrected chi connectivity index (χ4v) is 1.57. The van der Waals surface area contributed by atoms with E-state index in [0.717, 1.165) is 24.1 Å². The summed E-state index contributed by atoms with van der Waals surface area (Å²) in [6.45, 7) is 7.53. The standard InChI is InChI=1S/C13H18N2O3/c1-4-6-11-9(3)8-10(12(16)14-11)13(17)15-18-7-5-2/h5,8H,2,4,6-7H2,1,3H3,(H,14,16)(H,15,17). The Kier molecular flexibility index (Phi) is 5.32. The third-order valence-electron chi connectivity index (χ3n) is 2.46. The first-order chi connectivity index (χ1) is 8.60. The highest BCUT2D eigenvalue weighted by atomic mass is 16.6. The van der Waals surface area contributed by atoms with Crippen molar-refractivity contribution in [2.45, 2.75) is 26.7 Å². The molecule has 1 amide bonds. The van der Waals surface area contributed by atoms with E-state index >= 15 is 0 Å². The molecule has 98 valence electrons. The van der Waals surface area contributed by atoms with E-state index < -0.39 is 11.5 Å². The Hall–Kier alpha value is -1.88. The minimum atomic E-state index is -0.552. The van der Waals surface area contributed by atoms with Gasteiger partial charge in [0.2, 0.25) is 0 Å². The summed E-state index contributed by atoms with van der Waals surface area (Å²) in [6, 6.07) is 1.58. The molecule has 0 aliphatic heterocycles. The van der Waals surface area contributed by atoms with Gasteiger partial charge in [-0.15, -0.1) is 6.58 Å². The van der Waals surface area contributed by atoms with Crippen LogP contribution in [0.5, 0.6) is 0 Å². The van der Waals surface area contributed by atoms with Gasteiger partial charge >= 0.3 is 0 Å². The molecule has 1 heterocycles. The first-order valence-corrected chi connectivity index (χ1v) is 5.86. The average Bonchev–Trinajstić information content (AvgIpc) is 2.34. The minimum Gasteiger partial charge on any atom is -0.325 e. The molecule has 1 rings (SSSR count). The number of rotatable bonds is 6. The van der Waals surface area contributed by atoms with Gasteiger partial charge in [-0.2, -0.15) is 0 Å². The van der Waals surface area contributed by atoms with E-state index in [1.807, 2.05) is 13.8 Å².